The molecule has 1 aliphatic rings. The number of ether oxygens (including phenoxy) is 1. The molecule has 2 heterocycles. The van der Waals surface area contributed by atoms with Crippen molar-refractivity contribution in [3.63, 3.8) is 0 Å². The predicted octanol–water partition coefficient (Wildman–Crippen LogP) is 5.17. The molecule has 31 heavy (non-hydrogen) atoms. The lowest BCUT2D eigenvalue weighted by Crippen LogP contribution is -2.46. The van der Waals surface area contributed by atoms with E-state index in [1.165, 1.54) is 11.0 Å². The number of amides is 1. The van der Waals surface area contributed by atoms with Gasteiger partial charge in [-0.1, -0.05) is 23.3 Å². The fourth-order valence-electron chi connectivity index (χ4n) is 3.46. The number of aromatic nitrogens is 2. The van der Waals surface area contributed by atoms with Crippen LogP contribution in [0.5, 0.6) is 0 Å². The number of carbonyl (C=O) groups is 1. The molecule has 3 rings (SSSR count). The summed E-state index contributed by atoms with van der Waals surface area (Å²) in [5.74, 6) is 0.307. The van der Waals surface area contributed by atoms with Crippen molar-refractivity contribution in [3.8, 4) is 0 Å². The summed E-state index contributed by atoms with van der Waals surface area (Å²) < 4.78 is 46.3. The van der Waals surface area contributed by atoms with Crippen molar-refractivity contribution in [1.82, 2.24) is 9.78 Å². The standard InChI is InChI=1S/C20H23F3N6O2/c1-19(2,3)31-18(30)28-11-14(9-25-27-24)12-29-17(28)15(10-26-29)7-13-5-4-6-16(8-13)20(21,22)23/h4-6,8,10,14H,7,9,11-12H2,1-3H3. The Balaban J connectivity index is 1.95. The number of alkyl halides is 3. The molecule has 1 aromatic heterocycles. The molecule has 0 aliphatic carbocycles. The highest BCUT2D eigenvalue weighted by Gasteiger charge is 2.35. The Morgan fingerprint density at radius 3 is 2.71 bits per heavy atom. The number of anilines is 1. The van der Waals surface area contributed by atoms with Gasteiger partial charge in [0, 0.05) is 42.4 Å². The van der Waals surface area contributed by atoms with E-state index in [-0.39, 0.29) is 25.4 Å². The van der Waals surface area contributed by atoms with Gasteiger partial charge in [0.2, 0.25) is 0 Å². The lowest BCUT2D eigenvalue weighted by Gasteiger charge is -2.34. The third-order valence-electron chi connectivity index (χ3n) is 4.68. The maximum absolute atomic E-state index is 13.1. The van der Waals surface area contributed by atoms with Crippen LogP contribution in [-0.4, -0.2) is 34.6 Å². The molecule has 2 aromatic rings. The van der Waals surface area contributed by atoms with Crippen molar-refractivity contribution in [1.29, 1.82) is 0 Å². The van der Waals surface area contributed by atoms with Gasteiger partial charge in [0.05, 0.1) is 11.8 Å². The molecule has 0 spiro atoms. The van der Waals surface area contributed by atoms with E-state index in [1.54, 1.807) is 37.7 Å². The summed E-state index contributed by atoms with van der Waals surface area (Å²) in [5.41, 5.74) is 8.21. The highest BCUT2D eigenvalue weighted by molar-refractivity contribution is 5.88. The SMILES string of the molecule is CC(C)(C)OC(=O)N1CC(CN=[N+]=[N-])Cn2ncc(Cc3cccc(C(F)(F)F)c3)c21. The lowest BCUT2D eigenvalue weighted by molar-refractivity contribution is -0.137. The molecule has 166 valence electrons. The Bertz CT molecular complexity index is 1010. The molecule has 1 aromatic carbocycles. The number of nitrogens with zero attached hydrogens (tertiary/aromatic N) is 6. The zero-order valence-corrected chi connectivity index (χ0v) is 17.4. The molecule has 0 saturated heterocycles. The second kappa shape index (κ2) is 8.50. The lowest BCUT2D eigenvalue weighted by atomic mass is 10.0. The van der Waals surface area contributed by atoms with Crippen LogP contribution in [0.2, 0.25) is 0 Å². The van der Waals surface area contributed by atoms with Crippen LogP contribution in [-0.2, 0) is 23.9 Å². The van der Waals surface area contributed by atoms with Crippen molar-refractivity contribution in [2.45, 2.75) is 45.5 Å². The van der Waals surface area contributed by atoms with Crippen molar-refractivity contribution in [3.05, 3.63) is 57.6 Å². The molecule has 1 aliphatic heterocycles. The second-order valence-electron chi connectivity index (χ2n) is 8.42. The molecule has 1 atom stereocenters. The summed E-state index contributed by atoms with van der Waals surface area (Å²) in [6.07, 6.45) is -3.32. The van der Waals surface area contributed by atoms with Gasteiger partial charge >= 0.3 is 12.3 Å². The summed E-state index contributed by atoms with van der Waals surface area (Å²) >= 11 is 0. The number of fused-ring (bicyclic) bond motifs is 1. The molecule has 0 saturated carbocycles. The quantitative estimate of drug-likeness (QED) is 0.375. The largest absolute Gasteiger partial charge is 0.443 e. The number of azide groups is 1. The zero-order chi connectivity index (χ0) is 22.8. The third kappa shape index (κ3) is 5.49. The number of carbonyl (C=O) groups excluding carboxylic acids is 1. The van der Waals surface area contributed by atoms with Crippen LogP contribution >= 0.6 is 0 Å². The molecule has 0 bridgehead atoms. The van der Waals surface area contributed by atoms with Gasteiger partial charge in [-0.05, 0) is 37.9 Å². The van der Waals surface area contributed by atoms with Crippen LogP contribution in [0.3, 0.4) is 0 Å². The molecule has 8 nitrogen and oxygen atoms in total. The number of hydrogen-bond donors (Lipinski definition) is 0. The second-order valence-corrected chi connectivity index (χ2v) is 8.42. The van der Waals surface area contributed by atoms with Crippen LogP contribution in [0, 0.1) is 5.92 Å². The summed E-state index contributed by atoms with van der Waals surface area (Å²) in [6, 6.07) is 5.07. The third-order valence-corrected chi connectivity index (χ3v) is 4.68. The molecule has 1 amide bonds. The van der Waals surface area contributed by atoms with Crippen LogP contribution in [0.4, 0.5) is 23.8 Å². The average molecular weight is 436 g/mol. The minimum absolute atomic E-state index is 0.166. The fraction of sp³-hybridized carbons (Fsp3) is 0.500. The molecule has 0 N–H and O–H groups in total. The van der Waals surface area contributed by atoms with E-state index in [4.69, 9.17) is 10.3 Å². The topological polar surface area (TPSA) is 96.1 Å². The maximum atomic E-state index is 13.1. The van der Waals surface area contributed by atoms with Crippen LogP contribution < -0.4 is 4.90 Å². The Morgan fingerprint density at radius 2 is 2.06 bits per heavy atom. The van der Waals surface area contributed by atoms with E-state index in [1.807, 2.05) is 0 Å². The van der Waals surface area contributed by atoms with E-state index < -0.39 is 23.4 Å². The first kappa shape index (κ1) is 22.5. The molecule has 1 unspecified atom stereocenters. The van der Waals surface area contributed by atoms with E-state index in [2.05, 4.69) is 15.1 Å². The maximum Gasteiger partial charge on any atom is 0.416 e. The summed E-state index contributed by atoms with van der Waals surface area (Å²) in [5, 5.41) is 7.92. The van der Waals surface area contributed by atoms with Gasteiger partial charge in [-0.2, -0.15) is 18.3 Å². The Hall–Kier alpha value is -3.20. The van der Waals surface area contributed by atoms with Gasteiger partial charge in [-0.15, -0.1) is 0 Å². The molecule has 11 heteroatoms. The minimum Gasteiger partial charge on any atom is -0.443 e. The van der Waals surface area contributed by atoms with E-state index in [0.717, 1.165) is 12.1 Å². The van der Waals surface area contributed by atoms with Gasteiger partial charge in [0.1, 0.15) is 11.4 Å². The van der Waals surface area contributed by atoms with E-state index in [9.17, 15) is 18.0 Å². The first-order chi connectivity index (χ1) is 14.5. The first-order valence-electron chi connectivity index (χ1n) is 9.70. The monoisotopic (exact) mass is 436 g/mol. The first-order valence-corrected chi connectivity index (χ1v) is 9.70. The summed E-state index contributed by atoms with van der Waals surface area (Å²) in [6.45, 7) is 6.07. The van der Waals surface area contributed by atoms with Crippen molar-refractivity contribution >= 4 is 11.9 Å². The van der Waals surface area contributed by atoms with Gasteiger partial charge < -0.3 is 4.74 Å². The zero-order valence-electron chi connectivity index (χ0n) is 17.4. The molecular formula is C20H23F3N6O2. The molecule has 0 radical (unpaired) electrons. The highest BCUT2D eigenvalue weighted by atomic mass is 19.4. The average Bonchev–Trinajstić information content (AvgIpc) is 3.06. The summed E-state index contributed by atoms with van der Waals surface area (Å²) in [4.78, 5) is 17.1. The predicted molar refractivity (Wildman–Crippen MR) is 108 cm³/mol. The number of halogens is 3. The molecular weight excluding hydrogens is 413 g/mol. The molecule has 0 fully saturated rings. The Morgan fingerprint density at radius 1 is 1.32 bits per heavy atom. The van der Waals surface area contributed by atoms with E-state index in [0.29, 0.717) is 23.5 Å². The Kier molecular flexibility index (Phi) is 6.17. The van der Waals surface area contributed by atoms with Gasteiger partial charge in [-0.25, -0.2) is 9.48 Å². The minimum atomic E-state index is -4.44. The summed E-state index contributed by atoms with van der Waals surface area (Å²) in [7, 11) is 0. The van der Waals surface area contributed by atoms with Gasteiger partial charge in [0.15, 0.2) is 0 Å². The number of rotatable bonds is 4. The fourth-order valence-corrected chi connectivity index (χ4v) is 3.46. The van der Waals surface area contributed by atoms with Crippen LogP contribution in [0.15, 0.2) is 35.6 Å². The van der Waals surface area contributed by atoms with Crippen LogP contribution in [0.25, 0.3) is 10.4 Å². The van der Waals surface area contributed by atoms with Crippen molar-refractivity contribution < 1.29 is 22.7 Å². The normalized spacial score (nSPS) is 16.5. The van der Waals surface area contributed by atoms with Crippen LogP contribution in [0.1, 0.15) is 37.5 Å². The number of hydrogen-bond acceptors (Lipinski definition) is 4. The van der Waals surface area contributed by atoms with Gasteiger partial charge in [0.25, 0.3) is 0 Å². The van der Waals surface area contributed by atoms with Gasteiger partial charge in [-0.3, -0.25) is 4.90 Å². The Labute approximate surface area is 177 Å². The van der Waals surface area contributed by atoms with E-state index >= 15 is 0 Å². The number of benzene rings is 1. The van der Waals surface area contributed by atoms with Crippen molar-refractivity contribution in [2.75, 3.05) is 18.0 Å². The highest BCUT2D eigenvalue weighted by Crippen LogP contribution is 2.33. The smallest absolute Gasteiger partial charge is 0.416 e. The van der Waals surface area contributed by atoms with Crippen molar-refractivity contribution in [2.24, 2.45) is 11.0 Å².